The summed E-state index contributed by atoms with van der Waals surface area (Å²) in [6.45, 7) is 1.53. The SMILES string of the molecule is O=C1CC2(CCCC2)CC(=O)N1CCCNC1CC1. The number of rotatable bonds is 5. The minimum absolute atomic E-state index is 0.0386. The second-order valence-corrected chi connectivity index (χ2v) is 6.58. The summed E-state index contributed by atoms with van der Waals surface area (Å²) in [7, 11) is 0. The van der Waals surface area contributed by atoms with Gasteiger partial charge in [-0.05, 0) is 44.1 Å². The van der Waals surface area contributed by atoms with Crippen molar-refractivity contribution in [1.82, 2.24) is 10.2 Å². The van der Waals surface area contributed by atoms with Crippen LogP contribution in [0, 0.1) is 5.41 Å². The predicted octanol–water partition coefficient (Wildman–Crippen LogP) is 1.84. The van der Waals surface area contributed by atoms with Gasteiger partial charge in [0, 0.05) is 25.4 Å². The van der Waals surface area contributed by atoms with Crippen molar-refractivity contribution < 1.29 is 9.59 Å². The van der Waals surface area contributed by atoms with Gasteiger partial charge in [0.05, 0.1) is 0 Å². The summed E-state index contributed by atoms with van der Waals surface area (Å²) in [5.74, 6) is 0.147. The molecule has 1 N–H and O–H groups in total. The van der Waals surface area contributed by atoms with Gasteiger partial charge in [-0.1, -0.05) is 12.8 Å². The minimum atomic E-state index is 0.0386. The summed E-state index contributed by atoms with van der Waals surface area (Å²) in [4.78, 5) is 25.9. The second-order valence-electron chi connectivity index (χ2n) is 6.58. The molecule has 3 aliphatic rings. The summed E-state index contributed by atoms with van der Waals surface area (Å²) < 4.78 is 0. The van der Waals surface area contributed by atoms with E-state index >= 15 is 0 Å². The first-order valence-electron chi connectivity index (χ1n) is 7.75. The highest BCUT2D eigenvalue weighted by atomic mass is 16.2. The first-order chi connectivity index (χ1) is 9.19. The molecule has 0 aromatic carbocycles. The zero-order chi connectivity index (χ0) is 13.3. The predicted molar refractivity (Wildman–Crippen MR) is 72.5 cm³/mol. The van der Waals surface area contributed by atoms with E-state index in [1.165, 1.54) is 30.6 Å². The van der Waals surface area contributed by atoms with Gasteiger partial charge < -0.3 is 5.32 Å². The number of nitrogens with zero attached hydrogens (tertiary/aromatic N) is 1. The molecule has 3 rings (SSSR count). The molecule has 1 saturated heterocycles. The summed E-state index contributed by atoms with van der Waals surface area (Å²) in [6, 6.07) is 0.703. The molecule has 1 aliphatic heterocycles. The lowest BCUT2D eigenvalue weighted by atomic mass is 9.76. The summed E-state index contributed by atoms with van der Waals surface area (Å²) in [5.41, 5.74) is 0.0386. The average molecular weight is 264 g/mol. The Labute approximate surface area is 114 Å². The van der Waals surface area contributed by atoms with Crippen LogP contribution in [0.5, 0.6) is 0 Å². The molecule has 0 aromatic heterocycles. The number of piperidine rings is 1. The molecule has 2 aliphatic carbocycles. The van der Waals surface area contributed by atoms with Gasteiger partial charge >= 0.3 is 0 Å². The van der Waals surface area contributed by atoms with Crippen LogP contribution in [-0.4, -0.2) is 35.8 Å². The Balaban J connectivity index is 1.48. The van der Waals surface area contributed by atoms with Crippen molar-refractivity contribution in [3.63, 3.8) is 0 Å². The van der Waals surface area contributed by atoms with Crippen molar-refractivity contribution in [3.8, 4) is 0 Å². The van der Waals surface area contributed by atoms with E-state index in [4.69, 9.17) is 0 Å². The zero-order valence-electron chi connectivity index (χ0n) is 11.6. The van der Waals surface area contributed by atoms with Gasteiger partial charge in [0.2, 0.25) is 11.8 Å². The highest BCUT2D eigenvalue weighted by molar-refractivity contribution is 5.98. The fourth-order valence-electron chi connectivity index (χ4n) is 3.59. The maximum Gasteiger partial charge on any atom is 0.229 e. The van der Waals surface area contributed by atoms with Crippen LogP contribution in [0.1, 0.15) is 57.8 Å². The number of likely N-dealkylation sites (tertiary alicyclic amines) is 1. The smallest absolute Gasteiger partial charge is 0.229 e. The molecule has 3 fully saturated rings. The van der Waals surface area contributed by atoms with Crippen LogP contribution in [0.3, 0.4) is 0 Å². The van der Waals surface area contributed by atoms with Crippen LogP contribution in [-0.2, 0) is 9.59 Å². The standard InChI is InChI=1S/C15H24N2O2/c18-13-10-15(6-1-2-7-15)11-14(19)17(13)9-3-8-16-12-4-5-12/h12,16H,1-11H2. The number of carbonyl (C=O) groups is 2. The molecule has 0 radical (unpaired) electrons. The Morgan fingerprint density at radius 2 is 1.74 bits per heavy atom. The van der Waals surface area contributed by atoms with Gasteiger partial charge in [-0.3, -0.25) is 14.5 Å². The molecule has 19 heavy (non-hydrogen) atoms. The Morgan fingerprint density at radius 3 is 2.32 bits per heavy atom. The largest absolute Gasteiger partial charge is 0.314 e. The first-order valence-corrected chi connectivity index (χ1v) is 7.75. The van der Waals surface area contributed by atoms with Crippen molar-refractivity contribution in [3.05, 3.63) is 0 Å². The molecule has 2 amide bonds. The fourth-order valence-corrected chi connectivity index (χ4v) is 3.59. The quantitative estimate of drug-likeness (QED) is 0.609. The van der Waals surface area contributed by atoms with Crippen molar-refractivity contribution in [2.45, 2.75) is 63.8 Å². The van der Waals surface area contributed by atoms with Crippen LogP contribution in [0.4, 0.5) is 0 Å². The van der Waals surface area contributed by atoms with Gasteiger partial charge in [-0.25, -0.2) is 0 Å². The first kappa shape index (κ1) is 13.1. The van der Waals surface area contributed by atoms with Crippen molar-refractivity contribution in [2.75, 3.05) is 13.1 Å². The van der Waals surface area contributed by atoms with E-state index in [0.717, 1.165) is 25.8 Å². The summed E-state index contributed by atoms with van der Waals surface area (Å²) >= 11 is 0. The second kappa shape index (κ2) is 5.23. The lowest BCUT2D eigenvalue weighted by Gasteiger charge is -2.37. The molecule has 1 heterocycles. The molecule has 4 nitrogen and oxygen atoms in total. The Hall–Kier alpha value is -0.900. The van der Waals surface area contributed by atoms with E-state index in [2.05, 4.69) is 5.32 Å². The lowest BCUT2D eigenvalue weighted by molar-refractivity contribution is -0.153. The molecule has 0 aromatic rings. The number of amides is 2. The van der Waals surface area contributed by atoms with E-state index in [-0.39, 0.29) is 17.2 Å². The highest BCUT2D eigenvalue weighted by Crippen LogP contribution is 2.46. The number of hydrogen-bond acceptors (Lipinski definition) is 3. The van der Waals surface area contributed by atoms with E-state index in [1.807, 2.05) is 0 Å². The topological polar surface area (TPSA) is 49.4 Å². The maximum absolute atomic E-state index is 12.2. The molecular weight excluding hydrogens is 240 g/mol. The van der Waals surface area contributed by atoms with Crippen LogP contribution < -0.4 is 5.32 Å². The van der Waals surface area contributed by atoms with Crippen LogP contribution in [0.15, 0.2) is 0 Å². The minimum Gasteiger partial charge on any atom is -0.314 e. The number of hydrogen-bond donors (Lipinski definition) is 1. The third-order valence-electron chi connectivity index (χ3n) is 4.89. The number of carbonyl (C=O) groups excluding carboxylic acids is 2. The maximum atomic E-state index is 12.2. The van der Waals surface area contributed by atoms with E-state index < -0.39 is 0 Å². The zero-order valence-corrected chi connectivity index (χ0v) is 11.6. The molecule has 106 valence electrons. The van der Waals surface area contributed by atoms with Gasteiger partial charge in [0.15, 0.2) is 0 Å². The Bertz CT molecular complexity index is 350. The van der Waals surface area contributed by atoms with Gasteiger partial charge in [0.1, 0.15) is 0 Å². The van der Waals surface area contributed by atoms with E-state index in [1.54, 1.807) is 0 Å². The monoisotopic (exact) mass is 264 g/mol. The van der Waals surface area contributed by atoms with Gasteiger partial charge in [-0.2, -0.15) is 0 Å². The number of imide groups is 1. The molecule has 0 atom stereocenters. The van der Waals surface area contributed by atoms with Crippen molar-refractivity contribution in [1.29, 1.82) is 0 Å². The fraction of sp³-hybridized carbons (Fsp3) is 0.867. The van der Waals surface area contributed by atoms with Crippen LogP contribution in [0.25, 0.3) is 0 Å². The molecule has 0 bridgehead atoms. The molecule has 2 saturated carbocycles. The van der Waals surface area contributed by atoms with Gasteiger partial charge in [-0.15, -0.1) is 0 Å². The van der Waals surface area contributed by atoms with Crippen molar-refractivity contribution >= 4 is 11.8 Å². The van der Waals surface area contributed by atoms with Crippen LogP contribution in [0.2, 0.25) is 0 Å². The van der Waals surface area contributed by atoms with E-state index in [9.17, 15) is 9.59 Å². The normalized spacial score (nSPS) is 26.4. The average Bonchev–Trinajstić information content (AvgIpc) is 3.09. The van der Waals surface area contributed by atoms with Gasteiger partial charge in [0.25, 0.3) is 0 Å². The van der Waals surface area contributed by atoms with Crippen LogP contribution >= 0.6 is 0 Å². The Kier molecular flexibility index (Phi) is 3.61. The molecule has 1 spiro atoms. The van der Waals surface area contributed by atoms with Crippen molar-refractivity contribution in [2.24, 2.45) is 5.41 Å². The van der Waals surface area contributed by atoms with E-state index in [0.29, 0.717) is 25.4 Å². The third kappa shape index (κ3) is 2.99. The highest BCUT2D eigenvalue weighted by Gasteiger charge is 2.44. The number of nitrogens with one attached hydrogen (secondary N) is 1. The lowest BCUT2D eigenvalue weighted by Crippen LogP contribution is -2.47. The summed E-state index contributed by atoms with van der Waals surface area (Å²) in [6.07, 6.45) is 9.18. The molecular formula is C15H24N2O2. The Morgan fingerprint density at radius 1 is 1.11 bits per heavy atom. The molecule has 4 heteroatoms. The molecule has 0 unspecified atom stereocenters. The summed E-state index contributed by atoms with van der Waals surface area (Å²) in [5, 5.41) is 3.43. The third-order valence-corrected chi connectivity index (χ3v) is 4.89.